The minimum atomic E-state index is -0.266. The summed E-state index contributed by atoms with van der Waals surface area (Å²) in [6.45, 7) is 2.33. The number of aromatic nitrogens is 3. The fourth-order valence-electron chi connectivity index (χ4n) is 3.83. The number of aryl methyl sites for hydroxylation is 1. The molecule has 0 saturated carbocycles. The van der Waals surface area contributed by atoms with Gasteiger partial charge in [0.15, 0.2) is 6.61 Å². The van der Waals surface area contributed by atoms with Crippen molar-refractivity contribution in [1.29, 1.82) is 0 Å². The maximum atomic E-state index is 12.4. The maximum Gasteiger partial charge on any atom is 0.266 e. The first-order chi connectivity index (χ1) is 17.6. The van der Waals surface area contributed by atoms with E-state index in [0.717, 1.165) is 31.9 Å². The number of hydrogen-bond acceptors (Lipinski definition) is 6. The highest BCUT2D eigenvalue weighted by Gasteiger charge is 2.14. The number of nitrogens with zero attached hydrogens (tertiary/aromatic N) is 3. The van der Waals surface area contributed by atoms with Crippen molar-refractivity contribution in [3.8, 4) is 26.9 Å². The van der Waals surface area contributed by atoms with Gasteiger partial charge >= 0.3 is 0 Å². The van der Waals surface area contributed by atoms with E-state index in [1.165, 1.54) is 22.1 Å². The molecule has 0 atom stereocenters. The molecule has 5 rings (SSSR count). The Morgan fingerprint density at radius 1 is 0.972 bits per heavy atom. The number of carbonyl (C=O) groups is 1. The van der Waals surface area contributed by atoms with Gasteiger partial charge in [-0.05, 0) is 35.9 Å². The molecule has 0 aliphatic carbocycles. The molecule has 180 valence electrons. The number of carbonyl (C=O) groups excluding carboxylic acids is 1. The fraction of sp³-hybridized carbons (Fsp3) is 0.143. The summed E-state index contributed by atoms with van der Waals surface area (Å²) in [5, 5.41) is 10.4. The van der Waals surface area contributed by atoms with Crippen LogP contribution in [-0.2, 0) is 11.3 Å². The first-order valence-electron chi connectivity index (χ1n) is 11.6. The molecular formula is C28H24N4O3S. The lowest BCUT2D eigenvalue weighted by atomic mass is 10.1. The molecule has 0 spiro atoms. The Kier molecular flexibility index (Phi) is 6.86. The van der Waals surface area contributed by atoms with Gasteiger partial charge in [-0.15, -0.1) is 11.3 Å². The number of thiazole rings is 1. The van der Waals surface area contributed by atoms with E-state index in [9.17, 15) is 9.59 Å². The lowest BCUT2D eigenvalue weighted by Gasteiger charge is -2.10. The van der Waals surface area contributed by atoms with Crippen LogP contribution in [-0.4, -0.2) is 33.8 Å². The Balaban J connectivity index is 1.19. The molecule has 36 heavy (non-hydrogen) atoms. The van der Waals surface area contributed by atoms with Crippen molar-refractivity contribution < 1.29 is 9.53 Å². The van der Waals surface area contributed by atoms with Crippen LogP contribution < -0.4 is 15.6 Å². The first kappa shape index (κ1) is 23.4. The Morgan fingerprint density at radius 2 is 1.75 bits per heavy atom. The molecule has 0 saturated heterocycles. The smallest absolute Gasteiger partial charge is 0.266 e. The van der Waals surface area contributed by atoms with E-state index in [1.54, 1.807) is 6.07 Å². The first-order valence-corrected chi connectivity index (χ1v) is 12.4. The maximum absolute atomic E-state index is 12.4. The van der Waals surface area contributed by atoms with Crippen molar-refractivity contribution in [1.82, 2.24) is 20.1 Å². The normalized spacial score (nSPS) is 10.9. The monoisotopic (exact) mass is 496 g/mol. The highest BCUT2D eigenvalue weighted by molar-refractivity contribution is 7.18. The van der Waals surface area contributed by atoms with Gasteiger partial charge in [0.2, 0.25) is 0 Å². The number of amides is 1. The van der Waals surface area contributed by atoms with Gasteiger partial charge in [-0.3, -0.25) is 9.59 Å². The van der Waals surface area contributed by atoms with Crippen LogP contribution in [0.3, 0.4) is 0 Å². The predicted octanol–water partition coefficient (Wildman–Crippen LogP) is 4.69. The molecule has 0 aliphatic rings. The van der Waals surface area contributed by atoms with Crippen LogP contribution in [0.5, 0.6) is 5.75 Å². The zero-order valence-electron chi connectivity index (χ0n) is 19.7. The standard InChI is InChI=1S/C28H24N4O3S/c1-19-27(36-28(30-19)21-8-3-2-4-9-21)24-13-14-26(34)32(31-24)16-15-29-25(33)18-35-23-12-11-20-7-5-6-10-22(20)17-23/h2-14,17H,15-16,18H2,1H3,(H,29,33). The Hall–Kier alpha value is -4.30. The van der Waals surface area contributed by atoms with Crippen molar-refractivity contribution in [2.45, 2.75) is 13.5 Å². The molecule has 8 heteroatoms. The molecule has 0 aliphatic heterocycles. The minimum absolute atomic E-state index is 0.108. The summed E-state index contributed by atoms with van der Waals surface area (Å²) in [7, 11) is 0. The van der Waals surface area contributed by atoms with E-state index in [1.807, 2.05) is 79.7 Å². The number of nitrogens with one attached hydrogen (secondary N) is 1. The number of fused-ring (bicyclic) bond motifs is 1. The topological polar surface area (TPSA) is 86.1 Å². The predicted molar refractivity (Wildman–Crippen MR) is 142 cm³/mol. The van der Waals surface area contributed by atoms with Gasteiger partial charge in [-0.25, -0.2) is 9.67 Å². The highest BCUT2D eigenvalue weighted by Crippen LogP contribution is 2.33. The molecule has 7 nitrogen and oxygen atoms in total. The molecule has 2 aromatic heterocycles. The third-order valence-electron chi connectivity index (χ3n) is 5.65. The average molecular weight is 497 g/mol. The average Bonchev–Trinajstić information content (AvgIpc) is 3.30. The van der Waals surface area contributed by atoms with E-state index in [2.05, 4.69) is 15.4 Å². The third-order valence-corrected chi connectivity index (χ3v) is 6.88. The van der Waals surface area contributed by atoms with E-state index >= 15 is 0 Å². The molecule has 0 bridgehead atoms. The van der Waals surface area contributed by atoms with E-state index in [-0.39, 0.29) is 31.2 Å². The molecule has 1 amide bonds. The van der Waals surface area contributed by atoms with Gasteiger partial charge in [0.1, 0.15) is 16.5 Å². The second-order valence-corrected chi connectivity index (χ2v) is 9.23. The summed E-state index contributed by atoms with van der Waals surface area (Å²) < 4.78 is 6.99. The second kappa shape index (κ2) is 10.5. The van der Waals surface area contributed by atoms with Crippen LogP contribution in [0.2, 0.25) is 0 Å². The van der Waals surface area contributed by atoms with Crippen LogP contribution in [0, 0.1) is 6.92 Å². The summed E-state index contributed by atoms with van der Waals surface area (Å²) in [6.07, 6.45) is 0. The molecule has 0 radical (unpaired) electrons. The summed E-state index contributed by atoms with van der Waals surface area (Å²) >= 11 is 1.54. The fourth-order valence-corrected chi connectivity index (χ4v) is 4.86. The molecule has 3 aromatic carbocycles. The van der Waals surface area contributed by atoms with Gasteiger partial charge in [-0.2, -0.15) is 5.10 Å². The van der Waals surface area contributed by atoms with Crippen LogP contribution in [0.4, 0.5) is 0 Å². The van der Waals surface area contributed by atoms with Crippen LogP contribution in [0.25, 0.3) is 31.9 Å². The minimum Gasteiger partial charge on any atom is -0.484 e. The van der Waals surface area contributed by atoms with Gasteiger partial charge in [0, 0.05) is 18.2 Å². The molecule has 2 heterocycles. The number of ether oxygens (including phenoxy) is 1. The lowest BCUT2D eigenvalue weighted by Crippen LogP contribution is -2.34. The van der Waals surface area contributed by atoms with Gasteiger partial charge < -0.3 is 10.1 Å². The van der Waals surface area contributed by atoms with Crippen LogP contribution in [0.1, 0.15) is 5.69 Å². The zero-order valence-corrected chi connectivity index (χ0v) is 20.5. The number of rotatable bonds is 8. The molecule has 5 aromatic rings. The third kappa shape index (κ3) is 5.34. The van der Waals surface area contributed by atoms with Gasteiger partial charge in [-0.1, -0.05) is 60.7 Å². The van der Waals surface area contributed by atoms with E-state index < -0.39 is 0 Å². The second-order valence-electron chi connectivity index (χ2n) is 8.23. The summed E-state index contributed by atoms with van der Waals surface area (Å²) in [4.78, 5) is 30.2. The zero-order chi connectivity index (χ0) is 24.9. The van der Waals surface area contributed by atoms with Gasteiger partial charge in [0.05, 0.1) is 17.1 Å². The molecular weight excluding hydrogens is 472 g/mol. The van der Waals surface area contributed by atoms with Crippen molar-refractivity contribution in [2.24, 2.45) is 0 Å². The molecule has 1 N–H and O–H groups in total. The van der Waals surface area contributed by atoms with Crippen molar-refractivity contribution in [3.63, 3.8) is 0 Å². The lowest BCUT2D eigenvalue weighted by molar-refractivity contribution is -0.123. The van der Waals surface area contributed by atoms with Gasteiger partial charge in [0.25, 0.3) is 11.5 Å². The molecule has 0 unspecified atom stereocenters. The summed E-state index contributed by atoms with van der Waals surface area (Å²) in [5.41, 5.74) is 2.35. The SMILES string of the molecule is Cc1nc(-c2ccccc2)sc1-c1ccc(=O)n(CCNC(=O)COc2ccc3ccccc3c2)n1. The van der Waals surface area contributed by atoms with E-state index in [0.29, 0.717) is 11.4 Å². The van der Waals surface area contributed by atoms with Crippen molar-refractivity contribution in [3.05, 3.63) is 101 Å². The summed E-state index contributed by atoms with van der Waals surface area (Å²) in [6, 6.07) is 26.8. The van der Waals surface area contributed by atoms with Crippen LogP contribution >= 0.6 is 11.3 Å². The quantitative estimate of drug-likeness (QED) is 0.337. The van der Waals surface area contributed by atoms with Crippen LogP contribution in [0.15, 0.2) is 89.7 Å². The highest BCUT2D eigenvalue weighted by atomic mass is 32.1. The summed E-state index contributed by atoms with van der Waals surface area (Å²) in [5.74, 6) is 0.363. The number of hydrogen-bond donors (Lipinski definition) is 1. The Labute approximate surface area is 212 Å². The largest absolute Gasteiger partial charge is 0.484 e. The Bertz CT molecular complexity index is 1580. The Morgan fingerprint density at radius 3 is 2.58 bits per heavy atom. The molecule has 0 fully saturated rings. The van der Waals surface area contributed by atoms with Crippen molar-refractivity contribution >= 4 is 28.0 Å². The van der Waals surface area contributed by atoms with E-state index in [4.69, 9.17) is 4.74 Å². The van der Waals surface area contributed by atoms with Crippen molar-refractivity contribution in [2.75, 3.05) is 13.2 Å². The number of benzene rings is 3.